The number of hydrogen-bond donors (Lipinski definition) is 2. The molecule has 9 heteroatoms. The quantitative estimate of drug-likeness (QED) is 0.388. The van der Waals surface area contributed by atoms with Gasteiger partial charge in [-0.05, 0) is 54.8 Å². The van der Waals surface area contributed by atoms with Crippen LogP contribution in [-0.2, 0) is 4.79 Å². The molecule has 4 rings (SSSR count). The Balaban J connectivity index is 1.57. The second kappa shape index (κ2) is 9.23. The van der Waals surface area contributed by atoms with E-state index in [1.54, 1.807) is 11.4 Å². The first-order chi connectivity index (χ1) is 15.1. The fourth-order valence-corrected chi connectivity index (χ4v) is 4.74. The van der Waals surface area contributed by atoms with Gasteiger partial charge >= 0.3 is 0 Å². The Hall–Kier alpha value is -3.30. The molecular formula is C22H20N4O3S2. The van der Waals surface area contributed by atoms with Crippen LogP contribution < -0.4 is 15.8 Å². The van der Waals surface area contributed by atoms with E-state index in [0.717, 1.165) is 22.5 Å². The van der Waals surface area contributed by atoms with Crippen molar-refractivity contribution in [3.05, 3.63) is 65.5 Å². The van der Waals surface area contributed by atoms with E-state index in [-0.39, 0.29) is 11.7 Å². The Bertz CT molecular complexity index is 1230. The number of carbonyl (C=O) groups excluding carboxylic acids is 2. The Labute approximate surface area is 187 Å². The van der Waals surface area contributed by atoms with Gasteiger partial charge in [-0.15, -0.1) is 11.3 Å². The lowest BCUT2D eigenvalue weighted by Gasteiger charge is -2.10. The van der Waals surface area contributed by atoms with Crippen LogP contribution in [0.15, 0.2) is 65.1 Å². The van der Waals surface area contributed by atoms with Crippen molar-refractivity contribution in [3.8, 4) is 11.4 Å². The standard InChI is InChI=1S/C22H20N4O3S2/c1-2-29-15-9-7-14(8-10-15)26-18-6-4-3-5-17(18)24-22(26)31-13-19(27)25-21-16(20(23)28)11-12-30-21/h3-12H,2,13H2,1H3,(H2,23,28)(H,25,27). The minimum Gasteiger partial charge on any atom is -0.494 e. The third kappa shape index (κ3) is 4.57. The smallest absolute Gasteiger partial charge is 0.251 e. The SMILES string of the molecule is CCOc1ccc(-n2c(SCC(=O)Nc3sccc3C(N)=O)nc3ccccc32)cc1. The van der Waals surface area contributed by atoms with E-state index in [2.05, 4.69) is 5.32 Å². The zero-order valence-corrected chi connectivity index (χ0v) is 18.3. The molecule has 0 unspecified atom stereocenters. The van der Waals surface area contributed by atoms with Gasteiger partial charge in [0.2, 0.25) is 5.91 Å². The van der Waals surface area contributed by atoms with Gasteiger partial charge in [0.05, 0.1) is 29.0 Å². The van der Waals surface area contributed by atoms with E-state index < -0.39 is 5.91 Å². The summed E-state index contributed by atoms with van der Waals surface area (Å²) < 4.78 is 7.55. The molecule has 2 aromatic carbocycles. The highest BCUT2D eigenvalue weighted by atomic mass is 32.2. The summed E-state index contributed by atoms with van der Waals surface area (Å²) in [6.07, 6.45) is 0. The van der Waals surface area contributed by atoms with E-state index in [4.69, 9.17) is 15.5 Å². The van der Waals surface area contributed by atoms with Crippen molar-refractivity contribution in [2.75, 3.05) is 17.7 Å². The average molecular weight is 453 g/mol. The lowest BCUT2D eigenvalue weighted by atomic mass is 10.2. The van der Waals surface area contributed by atoms with Gasteiger partial charge in [-0.1, -0.05) is 23.9 Å². The van der Waals surface area contributed by atoms with Gasteiger partial charge in [0.25, 0.3) is 5.91 Å². The van der Waals surface area contributed by atoms with Crippen molar-refractivity contribution in [3.63, 3.8) is 0 Å². The van der Waals surface area contributed by atoms with Crippen LogP contribution in [0.2, 0.25) is 0 Å². The molecule has 0 fully saturated rings. The summed E-state index contributed by atoms with van der Waals surface area (Å²) in [6, 6.07) is 17.2. The van der Waals surface area contributed by atoms with Crippen molar-refractivity contribution in [1.82, 2.24) is 9.55 Å². The summed E-state index contributed by atoms with van der Waals surface area (Å²) in [6.45, 7) is 2.55. The van der Waals surface area contributed by atoms with Gasteiger partial charge in [-0.3, -0.25) is 14.2 Å². The Morgan fingerprint density at radius 3 is 2.68 bits per heavy atom. The van der Waals surface area contributed by atoms with Gasteiger partial charge in [-0.25, -0.2) is 4.98 Å². The van der Waals surface area contributed by atoms with E-state index >= 15 is 0 Å². The van der Waals surface area contributed by atoms with Crippen LogP contribution in [0.4, 0.5) is 5.00 Å². The summed E-state index contributed by atoms with van der Waals surface area (Å²) in [5.41, 5.74) is 8.37. The number of carbonyl (C=O) groups is 2. The number of nitrogens with one attached hydrogen (secondary N) is 1. The van der Waals surface area contributed by atoms with E-state index in [0.29, 0.717) is 22.3 Å². The number of ether oxygens (including phenoxy) is 1. The highest BCUT2D eigenvalue weighted by Gasteiger charge is 2.16. The lowest BCUT2D eigenvalue weighted by molar-refractivity contribution is -0.113. The zero-order chi connectivity index (χ0) is 21.8. The predicted molar refractivity (Wildman–Crippen MR) is 124 cm³/mol. The summed E-state index contributed by atoms with van der Waals surface area (Å²) in [4.78, 5) is 28.7. The van der Waals surface area contributed by atoms with E-state index in [1.165, 1.54) is 23.1 Å². The number of aromatic nitrogens is 2. The van der Waals surface area contributed by atoms with Gasteiger partial charge in [0, 0.05) is 5.69 Å². The minimum absolute atomic E-state index is 0.135. The topological polar surface area (TPSA) is 99.2 Å². The highest BCUT2D eigenvalue weighted by molar-refractivity contribution is 7.99. The Morgan fingerprint density at radius 1 is 1.16 bits per heavy atom. The fraction of sp³-hybridized carbons (Fsp3) is 0.136. The van der Waals surface area contributed by atoms with Crippen molar-refractivity contribution in [2.45, 2.75) is 12.1 Å². The van der Waals surface area contributed by atoms with Crippen LogP contribution in [0.25, 0.3) is 16.7 Å². The number of nitrogens with two attached hydrogens (primary N) is 1. The molecule has 2 aromatic heterocycles. The number of thioether (sulfide) groups is 1. The molecule has 2 heterocycles. The molecular weight excluding hydrogens is 432 g/mol. The number of nitrogens with zero attached hydrogens (tertiary/aromatic N) is 2. The lowest BCUT2D eigenvalue weighted by Crippen LogP contribution is -2.18. The van der Waals surface area contributed by atoms with Crippen LogP contribution in [0.1, 0.15) is 17.3 Å². The molecule has 0 saturated heterocycles. The number of benzene rings is 2. The van der Waals surface area contributed by atoms with Crippen molar-refractivity contribution in [1.29, 1.82) is 0 Å². The average Bonchev–Trinajstić information content (AvgIpc) is 3.37. The molecule has 0 atom stereocenters. The van der Waals surface area contributed by atoms with Crippen molar-refractivity contribution >= 4 is 50.9 Å². The normalized spacial score (nSPS) is 10.9. The zero-order valence-electron chi connectivity index (χ0n) is 16.7. The van der Waals surface area contributed by atoms with Crippen LogP contribution in [0.5, 0.6) is 5.75 Å². The first kappa shape index (κ1) is 21.0. The molecule has 0 aliphatic carbocycles. The maximum absolute atomic E-state index is 12.5. The number of rotatable bonds is 8. The number of hydrogen-bond acceptors (Lipinski definition) is 6. The monoisotopic (exact) mass is 452 g/mol. The number of thiophene rings is 1. The second-order valence-electron chi connectivity index (χ2n) is 6.51. The van der Waals surface area contributed by atoms with Crippen LogP contribution in [0, 0.1) is 0 Å². The molecule has 2 amide bonds. The fourth-order valence-electron chi connectivity index (χ4n) is 3.10. The molecule has 0 aliphatic rings. The minimum atomic E-state index is -0.568. The largest absolute Gasteiger partial charge is 0.494 e. The summed E-state index contributed by atoms with van der Waals surface area (Å²) in [5, 5.41) is 5.63. The molecule has 0 spiro atoms. The van der Waals surface area contributed by atoms with Crippen molar-refractivity contribution < 1.29 is 14.3 Å². The second-order valence-corrected chi connectivity index (χ2v) is 8.37. The van der Waals surface area contributed by atoms with Gasteiger partial charge in [0.1, 0.15) is 10.8 Å². The number of para-hydroxylation sites is 2. The third-order valence-electron chi connectivity index (χ3n) is 4.45. The number of imidazole rings is 1. The van der Waals surface area contributed by atoms with Gasteiger partial charge in [0.15, 0.2) is 5.16 Å². The predicted octanol–water partition coefficient (Wildman–Crippen LogP) is 4.32. The van der Waals surface area contributed by atoms with E-state index in [9.17, 15) is 9.59 Å². The Morgan fingerprint density at radius 2 is 1.94 bits per heavy atom. The summed E-state index contributed by atoms with van der Waals surface area (Å²) in [5.74, 6) is 0.128. The van der Waals surface area contributed by atoms with Crippen LogP contribution >= 0.6 is 23.1 Å². The molecule has 0 aliphatic heterocycles. The first-order valence-electron chi connectivity index (χ1n) is 9.57. The number of fused-ring (bicyclic) bond motifs is 1. The molecule has 3 N–H and O–H groups in total. The molecule has 158 valence electrons. The van der Waals surface area contributed by atoms with E-state index in [1.807, 2.05) is 60.0 Å². The van der Waals surface area contributed by atoms with Gasteiger partial charge in [-0.2, -0.15) is 0 Å². The van der Waals surface area contributed by atoms with Crippen molar-refractivity contribution in [2.24, 2.45) is 5.73 Å². The molecule has 0 bridgehead atoms. The number of anilines is 1. The summed E-state index contributed by atoms with van der Waals surface area (Å²) >= 11 is 2.59. The van der Waals surface area contributed by atoms with Crippen LogP contribution in [0.3, 0.4) is 0 Å². The number of primary amides is 1. The Kier molecular flexibility index (Phi) is 6.24. The molecule has 31 heavy (non-hydrogen) atoms. The highest BCUT2D eigenvalue weighted by Crippen LogP contribution is 2.29. The maximum Gasteiger partial charge on any atom is 0.251 e. The molecule has 4 aromatic rings. The van der Waals surface area contributed by atoms with Crippen LogP contribution in [-0.4, -0.2) is 33.7 Å². The first-order valence-corrected chi connectivity index (χ1v) is 11.4. The third-order valence-corrected chi connectivity index (χ3v) is 6.22. The summed E-state index contributed by atoms with van der Waals surface area (Å²) in [7, 11) is 0. The molecule has 0 radical (unpaired) electrons. The molecule has 0 saturated carbocycles. The number of amides is 2. The maximum atomic E-state index is 12.5. The van der Waals surface area contributed by atoms with Gasteiger partial charge < -0.3 is 15.8 Å². The molecule has 7 nitrogen and oxygen atoms in total.